The number of ether oxygens (including phenoxy) is 1. The normalized spacial score (nSPS) is 16.6. The van der Waals surface area contributed by atoms with Crippen LogP contribution in [0.15, 0.2) is 35.3 Å². The van der Waals surface area contributed by atoms with Crippen LogP contribution >= 0.6 is 0 Å². The Kier molecular flexibility index (Phi) is 5.25. The molecule has 7 heteroatoms. The number of rotatable bonds is 5. The molecular formula is C19H24N4O3. The van der Waals surface area contributed by atoms with Gasteiger partial charge < -0.3 is 15.0 Å². The van der Waals surface area contributed by atoms with Crippen molar-refractivity contribution < 1.29 is 9.53 Å². The lowest BCUT2D eigenvalue weighted by molar-refractivity contribution is 0.0944. The zero-order valence-corrected chi connectivity index (χ0v) is 15.4. The molecule has 1 aromatic heterocycles. The van der Waals surface area contributed by atoms with Crippen molar-refractivity contribution in [2.45, 2.75) is 13.3 Å². The molecule has 1 atom stereocenters. The van der Waals surface area contributed by atoms with Crippen LogP contribution in [-0.4, -0.2) is 42.4 Å². The smallest absolute Gasteiger partial charge is 0.268 e. The Hall–Kier alpha value is -2.83. The van der Waals surface area contributed by atoms with Gasteiger partial charge in [-0.2, -0.15) is 5.10 Å². The Morgan fingerprint density at radius 2 is 2.23 bits per heavy atom. The fraction of sp³-hybridized carbons (Fsp3) is 0.421. The maximum absolute atomic E-state index is 12.6. The summed E-state index contributed by atoms with van der Waals surface area (Å²) >= 11 is 0. The van der Waals surface area contributed by atoms with E-state index in [4.69, 9.17) is 4.74 Å². The molecule has 0 spiro atoms. The Morgan fingerprint density at radius 1 is 1.42 bits per heavy atom. The van der Waals surface area contributed by atoms with Gasteiger partial charge in [-0.1, -0.05) is 12.1 Å². The summed E-state index contributed by atoms with van der Waals surface area (Å²) in [5.41, 5.74) is 2.19. The molecule has 7 nitrogen and oxygen atoms in total. The third-order valence-electron chi connectivity index (χ3n) is 4.84. The van der Waals surface area contributed by atoms with E-state index in [0.29, 0.717) is 23.8 Å². The van der Waals surface area contributed by atoms with Crippen LogP contribution in [0.3, 0.4) is 0 Å². The van der Waals surface area contributed by atoms with Gasteiger partial charge in [-0.15, -0.1) is 0 Å². The molecule has 1 aliphatic heterocycles. The number of methoxy groups -OCH3 is 1. The summed E-state index contributed by atoms with van der Waals surface area (Å²) in [7, 11) is 3.20. The number of nitrogens with one attached hydrogen (secondary N) is 1. The minimum absolute atomic E-state index is 0.117. The van der Waals surface area contributed by atoms with E-state index in [9.17, 15) is 9.59 Å². The average molecular weight is 356 g/mol. The summed E-state index contributed by atoms with van der Waals surface area (Å²) in [6.45, 7) is 4.13. The number of aryl methyl sites for hydroxylation is 2. The third-order valence-corrected chi connectivity index (χ3v) is 4.84. The Labute approximate surface area is 152 Å². The van der Waals surface area contributed by atoms with Gasteiger partial charge in [0.05, 0.1) is 24.6 Å². The molecule has 0 unspecified atom stereocenters. The molecule has 1 N–H and O–H groups in total. The third kappa shape index (κ3) is 3.71. The van der Waals surface area contributed by atoms with E-state index in [-0.39, 0.29) is 11.5 Å². The van der Waals surface area contributed by atoms with Gasteiger partial charge in [-0.05, 0) is 30.9 Å². The SMILES string of the molecule is COc1cccc(C)c1C(=O)NC[C@H]1CCN(c2cnn(C)c(=O)c2)C1. The first-order valence-corrected chi connectivity index (χ1v) is 8.69. The Morgan fingerprint density at radius 3 is 2.96 bits per heavy atom. The number of carbonyl (C=O) groups is 1. The second-order valence-corrected chi connectivity index (χ2v) is 6.64. The Balaban J connectivity index is 1.60. The molecule has 1 aliphatic rings. The maximum Gasteiger partial charge on any atom is 0.268 e. The van der Waals surface area contributed by atoms with Crippen molar-refractivity contribution >= 4 is 11.6 Å². The number of benzene rings is 1. The predicted octanol–water partition coefficient (Wildman–Crippen LogP) is 1.35. The summed E-state index contributed by atoms with van der Waals surface area (Å²) in [6, 6.07) is 7.17. The molecule has 2 aromatic rings. The quantitative estimate of drug-likeness (QED) is 0.875. The molecule has 26 heavy (non-hydrogen) atoms. The van der Waals surface area contributed by atoms with Crippen LogP contribution < -0.4 is 20.5 Å². The van der Waals surface area contributed by atoms with Crippen molar-refractivity contribution in [1.82, 2.24) is 15.1 Å². The average Bonchev–Trinajstić information content (AvgIpc) is 3.10. The second kappa shape index (κ2) is 7.59. The number of aromatic nitrogens is 2. The number of nitrogens with zero attached hydrogens (tertiary/aromatic N) is 3. The standard InChI is InChI=1S/C19H24N4O3/c1-13-5-4-6-16(26-3)18(13)19(25)20-10-14-7-8-23(12-14)15-9-17(24)22(2)21-11-15/h4-6,9,11,14H,7-8,10,12H2,1-3H3,(H,20,25)/t14-/m1/s1. The fourth-order valence-electron chi connectivity index (χ4n) is 3.29. The highest BCUT2D eigenvalue weighted by Crippen LogP contribution is 2.23. The van der Waals surface area contributed by atoms with Crippen molar-refractivity contribution in [3.05, 3.63) is 51.9 Å². The molecule has 0 bridgehead atoms. The molecule has 1 aromatic carbocycles. The summed E-state index contributed by atoms with van der Waals surface area (Å²) in [4.78, 5) is 26.5. The van der Waals surface area contributed by atoms with Gasteiger partial charge >= 0.3 is 0 Å². The molecule has 138 valence electrons. The van der Waals surface area contributed by atoms with E-state index in [2.05, 4.69) is 15.3 Å². The lowest BCUT2D eigenvalue weighted by atomic mass is 10.1. The van der Waals surface area contributed by atoms with Gasteiger partial charge in [-0.25, -0.2) is 4.68 Å². The highest BCUT2D eigenvalue weighted by molar-refractivity contribution is 5.98. The first-order chi connectivity index (χ1) is 12.5. The first kappa shape index (κ1) is 18.0. The predicted molar refractivity (Wildman–Crippen MR) is 99.9 cm³/mol. The number of anilines is 1. The van der Waals surface area contributed by atoms with Crippen molar-refractivity contribution in [2.24, 2.45) is 13.0 Å². The van der Waals surface area contributed by atoms with Crippen LogP contribution in [0.25, 0.3) is 0 Å². The second-order valence-electron chi connectivity index (χ2n) is 6.64. The first-order valence-electron chi connectivity index (χ1n) is 8.69. The van der Waals surface area contributed by atoms with Crippen molar-refractivity contribution in [2.75, 3.05) is 31.6 Å². The molecule has 1 saturated heterocycles. The van der Waals surface area contributed by atoms with Crippen LogP contribution in [0, 0.1) is 12.8 Å². The highest BCUT2D eigenvalue weighted by Gasteiger charge is 2.24. The number of amides is 1. The van der Waals surface area contributed by atoms with Gasteiger partial charge in [0, 0.05) is 32.7 Å². The van der Waals surface area contributed by atoms with Crippen molar-refractivity contribution in [1.29, 1.82) is 0 Å². The lowest BCUT2D eigenvalue weighted by Gasteiger charge is -2.18. The van der Waals surface area contributed by atoms with Crippen LogP contribution in [-0.2, 0) is 7.05 Å². The van der Waals surface area contributed by atoms with Gasteiger partial charge in [-0.3, -0.25) is 9.59 Å². The monoisotopic (exact) mass is 356 g/mol. The van der Waals surface area contributed by atoms with Crippen molar-refractivity contribution in [3.63, 3.8) is 0 Å². The van der Waals surface area contributed by atoms with Crippen LogP contribution in [0.1, 0.15) is 22.3 Å². The molecule has 1 fully saturated rings. The number of hydrogen-bond acceptors (Lipinski definition) is 5. The lowest BCUT2D eigenvalue weighted by Crippen LogP contribution is -2.32. The summed E-state index contributed by atoms with van der Waals surface area (Å²) in [6.07, 6.45) is 2.67. The molecule has 3 rings (SSSR count). The van der Waals surface area contributed by atoms with E-state index in [1.807, 2.05) is 19.1 Å². The zero-order chi connectivity index (χ0) is 18.7. The van der Waals surface area contributed by atoms with Crippen LogP contribution in [0.4, 0.5) is 5.69 Å². The van der Waals surface area contributed by atoms with Crippen LogP contribution in [0.2, 0.25) is 0 Å². The highest BCUT2D eigenvalue weighted by atomic mass is 16.5. The largest absolute Gasteiger partial charge is 0.496 e. The van der Waals surface area contributed by atoms with Gasteiger partial charge in [0.25, 0.3) is 11.5 Å². The van der Waals surface area contributed by atoms with Crippen molar-refractivity contribution in [3.8, 4) is 5.75 Å². The number of carbonyl (C=O) groups excluding carboxylic acids is 1. The van der Waals surface area contributed by atoms with Gasteiger partial charge in [0.2, 0.25) is 0 Å². The van der Waals surface area contributed by atoms with E-state index in [1.165, 1.54) is 4.68 Å². The number of hydrogen-bond donors (Lipinski definition) is 1. The summed E-state index contributed by atoms with van der Waals surface area (Å²) < 4.78 is 6.62. The molecule has 0 aliphatic carbocycles. The van der Waals surface area contributed by atoms with E-state index >= 15 is 0 Å². The Bertz CT molecular complexity index is 862. The van der Waals surface area contributed by atoms with E-state index in [1.54, 1.807) is 32.5 Å². The summed E-state index contributed by atoms with van der Waals surface area (Å²) in [5.74, 6) is 0.799. The molecule has 2 heterocycles. The van der Waals surface area contributed by atoms with Crippen LogP contribution in [0.5, 0.6) is 5.75 Å². The molecular weight excluding hydrogens is 332 g/mol. The molecule has 1 amide bonds. The maximum atomic E-state index is 12.6. The summed E-state index contributed by atoms with van der Waals surface area (Å²) in [5, 5.41) is 7.09. The minimum Gasteiger partial charge on any atom is -0.496 e. The fourth-order valence-corrected chi connectivity index (χ4v) is 3.29. The van der Waals surface area contributed by atoms with E-state index < -0.39 is 0 Å². The minimum atomic E-state index is -0.120. The zero-order valence-electron chi connectivity index (χ0n) is 15.4. The van der Waals surface area contributed by atoms with E-state index in [0.717, 1.165) is 30.8 Å². The van der Waals surface area contributed by atoms with Gasteiger partial charge in [0.15, 0.2) is 0 Å². The molecule has 0 radical (unpaired) electrons. The molecule has 0 saturated carbocycles. The topological polar surface area (TPSA) is 76.5 Å². The van der Waals surface area contributed by atoms with Gasteiger partial charge in [0.1, 0.15) is 5.75 Å².